The van der Waals surface area contributed by atoms with Crippen LogP contribution in [0.25, 0.3) is 0 Å². The first-order chi connectivity index (χ1) is 13.7. The van der Waals surface area contributed by atoms with E-state index in [4.69, 9.17) is 13.9 Å². The van der Waals surface area contributed by atoms with Gasteiger partial charge in [-0.15, -0.1) is 0 Å². The van der Waals surface area contributed by atoms with Crippen LogP contribution in [0.15, 0.2) is 28.7 Å². The number of nitrogens with zero attached hydrogens (tertiary/aromatic N) is 1. The number of hydrogen-bond acceptors (Lipinski definition) is 5. The highest BCUT2D eigenvalue weighted by Gasteiger charge is 2.26. The van der Waals surface area contributed by atoms with Gasteiger partial charge in [0.05, 0.1) is 13.2 Å². The Bertz CT molecular complexity index is 839. The van der Waals surface area contributed by atoms with Crippen LogP contribution in [0.4, 0.5) is 0 Å². The lowest BCUT2D eigenvalue weighted by Gasteiger charge is -2.26. The summed E-state index contributed by atoms with van der Waals surface area (Å²) in [5.41, 5.74) is 2.17. The first-order valence-electron chi connectivity index (χ1n) is 10.1. The number of hydrogen-bond donors (Lipinski definition) is 1. The lowest BCUT2D eigenvalue weighted by molar-refractivity contribution is 0.0885. The van der Waals surface area contributed by atoms with Crippen LogP contribution in [0.5, 0.6) is 11.5 Å². The number of rotatable bonds is 6. The van der Waals surface area contributed by atoms with Crippen LogP contribution in [0.2, 0.25) is 0 Å². The van der Waals surface area contributed by atoms with E-state index in [9.17, 15) is 4.79 Å². The van der Waals surface area contributed by atoms with Crippen molar-refractivity contribution in [3.05, 3.63) is 46.9 Å². The van der Waals surface area contributed by atoms with Crippen molar-refractivity contribution < 1.29 is 18.7 Å². The van der Waals surface area contributed by atoms with Crippen molar-refractivity contribution in [2.75, 3.05) is 26.8 Å². The molecule has 6 heteroatoms. The normalized spacial score (nSPS) is 19.1. The molecule has 2 aromatic rings. The summed E-state index contributed by atoms with van der Waals surface area (Å²) in [5, 5.41) is 3.06. The molecule has 1 N–H and O–H groups in total. The molecule has 1 amide bonds. The standard InChI is InChI=1S/C22H28N2O4/c1-3-18-16(13-24-9-4-5-10-24)12-20(28-18)22(25)23-17-11-15-7-6-8-19(26-2)21(15)27-14-17/h6-8,12,17H,3-5,9-11,13-14H2,1-2H3,(H,23,25). The zero-order valence-corrected chi connectivity index (χ0v) is 16.6. The number of furan rings is 1. The second-order valence-corrected chi connectivity index (χ2v) is 7.53. The molecular weight excluding hydrogens is 356 g/mol. The van der Waals surface area contributed by atoms with Gasteiger partial charge in [0, 0.05) is 24.1 Å². The van der Waals surface area contributed by atoms with E-state index >= 15 is 0 Å². The number of nitrogens with one attached hydrogen (secondary N) is 1. The number of carbonyl (C=O) groups is 1. The van der Waals surface area contributed by atoms with E-state index in [1.54, 1.807) is 7.11 Å². The van der Waals surface area contributed by atoms with Gasteiger partial charge in [0.2, 0.25) is 0 Å². The van der Waals surface area contributed by atoms with E-state index in [0.29, 0.717) is 18.8 Å². The summed E-state index contributed by atoms with van der Waals surface area (Å²) < 4.78 is 17.1. The number of para-hydroxylation sites is 1. The third kappa shape index (κ3) is 3.87. The highest BCUT2D eigenvalue weighted by molar-refractivity contribution is 5.92. The van der Waals surface area contributed by atoms with E-state index in [1.165, 1.54) is 12.8 Å². The molecule has 4 rings (SSSR count). The van der Waals surface area contributed by atoms with Gasteiger partial charge in [-0.2, -0.15) is 0 Å². The number of carbonyl (C=O) groups excluding carboxylic acids is 1. The van der Waals surface area contributed by atoms with Crippen LogP contribution in [-0.2, 0) is 19.4 Å². The Morgan fingerprint density at radius 3 is 2.89 bits per heavy atom. The van der Waals surface area contributed by atoms with E-state index in [1.807, 2.05) is 24.3 Å². The number of methoxy groups -OCH3 is 1. The lowest BCUT2D eigenvalue weighted by atomic mass is 10.0. The average Bonchev–Trinajstić information content (AvgIpc) is 3.37. The fourth-order valence-corrected chi connectivity index (χ4v) is 4.10. The summed E-state index contributed by atoms with van der Waals surface area (Å²) >= 11 is 0. The van der Waals surface area contributed by atoms with Crippen LogP contribution >= 0.6 is 0 Å². The first kappa shape index (κ1) is 18.9. The molecule has 0 radical (unpaired) electrons. The number of aryl methyl sites for hydroxylation is 1. The second kappa shape index (κ2) is 8.27. The van der Waals surface area contributed by atoms with Gasteiger partial charge < -0.3 is 19.2 Å². The molecule has 3 heterocycles. The zero-order valence-electron chi connectivity index (χ0n) is 16.6. The molecule has 150 valence electrons. The molecule has 1 atom stereocenters. The number of amides is 1. The van der Waals surface area contributed by atoms with E-state index in [2.05, 4.69) is 17.1 Å². The summed E-state index contributed by atoms with van der Waals surface area (Å²) in [5.74, 6) is 2.62. The van der Waals surface area contributed by atoms with E-state index in [-0.39, 0.29) is 11.9 Å². The Morgan fingerprint density at radius 2 is 2.14 bits per heavy atom. The topological polar surface area (TPSA) is 63.9 Å². The van der Waals surface area contributed by atoms with Gasteiger partial charge in [0.15, 0.2) is 17.3 Å². The van der Waals surface area contributed by atoms with Gasteiger partial charge in [-0.05, 0) is 44.5 Å². The Labute approximate surface area is 165 Å². The summed E-state index contributed by atoms with van der Waals surface area (Å²) in [7, 11) is 1.63. The van der Waals surface area contributed by atoms with Crippen LogP contribution < -0.4 is 14.8 Å². The summed E-state index contributed by atoms with van der Waals surface area (Å²) in [6.45, 7) is 5.59. The number of ether oxygens (including phenoxy) is 2. The maximum absolute atomic E-state index is 12.8. The lowest BCUT2D eigenvalue weighted by Crippen LogP contribution is -2.42. The third-order valence-corrected chi connectivity index (χ3v) is 5.54. The van der Waals surface area contributed by atoms with Gasteiger partial charge in [-0.25, -0.2) is 0 Å². The fraction of sp³-hybridized carbons (Fsp3) is 0.500. The molecule has 1 saturated heterocycles. The van der Waals surface area contributed by atoms with E-state index < -0.39 is 0 Å². The summed E-state index contributed by atoms with van der Waals surface area (Å²) in [6.07, 6.45) is 4.00. The maximum atomic E-state index is 12.8. The van der Waals surface area contributed by atoms with Crippen LogP contribution in [0, 0.1) is 0 Å². The summed E-state index contributed by atoms with van der Waals surface area (Å²) in [4.78, 5) is 15.2. The smallest absolute Gasteiger partial charge is 0.287 e. The highest BCUT2D eigenvalue weighted by Crippen LogP contribution is 2.34. The molecule has 0 saturated carbocycles. The Balaban J connectivity index is 1.43. The largest absolute Gasteiger partial charge is 0.493 e. The van der Waals surface area contributed by atoms with Crippen LogP contribution in [0.3, 0.4) is 0 Å². The Hall–Kier alpha value is -2.47. The molecule has 2 aliphatic rings. The quantitative estimate of drug-likeness (QED) is 0.829. The predicted octanol–water partition coefficient (Wildman–Crippen LogP) is 3.18. The number of benzene rings is 1. The van der Waals surface area contributed by atoms with Crippen molar-refractivity contribution in [2.24, 2.45) is 0 Å². The van der Waals surface area contributed by atoms with Gasteiger partial charge >= 0.3 is 0 Å². The molecule has 1 aromatic heterocycles. The van der Waals surface area contributed by atoms with Gasteiger partial charge in [0.1, 0.15) is 12.4 Å². The van der Waals surface area contributed by atoms with E-state index in [0.717, 1.165) is 54.4 Å². The molecule has 1 fully saturated rings. The molecule has 0 spiro atoms. The fourth-order valence-electron chi connectivity index (χ4n) is 4.10. The molecule has 2 aliphatic heterocycles. The molecule has 28 heavy (non-hydrogen) atoms. The monoisotopic (exact) mass is 384 g/mol. The molecule has 1 unspecified atom stereocenters. The van der Waals surface area contributed by atoms with Crippen molar-refractivity contribution in [2.45, 2.75) is 45.2 Å². The Morgan fingerprint density at radius 1 is 1.32 bits per heavy atom. The van der Waals surface area contributed by atoms with Gasteiger partial charge in [-0.1, -0.05) is 19.1 Å². The maximum Gasteiger partial charge on any atom is 0.287 e. The molecular formula is C22H28N2O4. The van der Waals surface area contributed by atoms with Crippen LogP contribution in [-0.4, -0.2) is 43.7 Å². The molecule has 1 aromatic carbocycles. The first-order valence-corrected chi connectivity index (χ1v) is 10.1. The van der Waals surface area contributed by atoms with Crippen molar-refractivity contribution in [3.8, 4) is 11.5 Å². The molecule has 0 bridgehead atoms. The van der Waals surface area contributed by atoms with Crippen molar-refractivity contribution in [1.82, 2.24) is 10.2 Å². The SMILES string of the molecule is CCc1oc(C(=O)NC2COc3c(cccc3OC)C2)cc1CN1CCCC1. The molecule has 0 aliphatic carbocycles. The third-order valence-electron chi connectivity index (χ3n) is 5.54. The average molecular weight is 384 g/mol. The minimum atomic E-state index is -0.178. The molecule has 6 nitrogen and oxygen atoms in total. The van der Waals surface area contributed by atoms with Crippen LogP contribution in [0.1, 0.15) is 47.2 Å². The highest BCUT2D eigenvalue weighted by atomic mass is 16.5. The van der Waals surface area contributed by atoms with Crippen molar-refractivity contribution >= 4 is 5.91 Å². The van der Waals surface area contributed by atoms with Gasteiger partial charge in [-0.3, -0.25) is 9.69 Å². The van der Waals surface area contributed by atoms with Crippen molar-refractivity contribution in [1.29, 1.82) is 0 Å². The minimum Gasteiger partial charge on any atom is -0.493 e. The number of likely N-dealkylation sites (tertiary alicyclic amines) is 1. The minimum absolute atomic E-state index is 0.0932. The Kier molecular flexibility index (Phi) is 5.57. The number of fused-ring (bicyclic) bond motifs is 1. The predicted molar refractivity (Wildman–Crippen MR) is 106 cm³/mol. The summed E-state index contributed by atoms with van der Waals surface area (Å²) in [6, 6.07) is 7.65. The van der Waals surface area contributed by atoms with Crippen molar-refractivity contribution in [3.63, 3.8) is 0 Å². The van der Waals surface area contributed by atoms with Gasteiger partial charge in [0.25, 0.3) is 5.91 Å². The second-order valence-electron chi connectivity index (χ2n) is 7.53. The zero-order chi connectivity index (χ0) is 19.5.